The molecule has 2 aromatic heterocycles. The highest BCUT2D eigenvalue weighted by atomic mass is 79.9. The van der Waals surface area contributed by atoms with Gasteiger partial charge in [0, 0.05) is 17.5 Å². The van der Waals surface area contributed by atoms with Gasteiger partial charge in [0.1, 0.15) is 22.8 Å². The third-order valence-corrected chi connectivity index (χ3v) is 4.81. The van der Waals surface area contributed by atoms with Crippen LogP contribution < -0.4 is 10.5 Å². The molecule has 4 rings (SSSR count). The number of nitrogens with zero attached hydrogens (tertiary/aromatic N) is 4. The van der Waals surface area contributed by atoms with Gasteiger partial charge in [0.05, 0.1) is 21.3 Å². The van der Waals surface area contributed by atoms with Gasteiger partial charge >= 0.3 is 0 Å². The van der Waals surface area contributed by atoms with E-state index in [1.165, 1.54) is 53.3 Å². The van der Waals surface area contributed by atoms with Crippen molar-refractivity contribution in [1.29, 1.82) is 0 Å². The summed E-state index contributed by atoms with van der Waals surface area (Å²) in [6.45, 7) is 0. The molecule has 0 aliphatic heterocycles. The molecule has 4 aromatic rings. The van der Waals surface area contributed by atoms with Crippen LogP contribution in [0.15, 0.2) is 59.2 Å². The van der Waals surface area contributed by atoms with Gasteiger partial charge in [-0.15, -0.1) is 0 Å². The number of rotatable bonds is 5. The zero-order valence-corrected chi connectivity index (χ0v) is 16.5. The van der Waals surface area contributed by atoms with E-state index in [1.807, 2.05) is 0 Å². The molecule has 0 saturated heterocycles. The van der Waals surface area contributed by atoms with Gasteiger partial charge in [-0.25, -0.2) is 14.1 Å². The lowest BCUT2D eigenvalue weighted by Crippen LogP contribution is -2.17. The number of nitro groups is 1. The molecule has 0 aliphatic rings. The second kappa shape index (κ2) is 8.48. The number of ether oxygens (including phenoxy) is 1. The molecule has 2 aromatic carbocycles. The third-order valence-electron chi connectivity index (χ3n) is 4.17. The van der Waals surface area contributed by atoms with Gasteiger partial charge in [-0.1, -0.05) is 7.43 Å². The topological polar surface area (TPSA) is 126 Å². The van der Waals surface area contributed by atoms with Gasteiger partial charge in [-0.2, -0.15) is 5.10 Å². The molecule has 2 N–H and O–H groups in total. The van der Waals surface area contributed by atoms with Crippen molar-refractivity contribution in [3.63, 3.8) is 0 Å². The number of benzene rings is 2. The standard InChI is InChI=1S/C19H11BrFN5O4.CH4/c20-14-7-13-15(8-16(14)26(28)29)24-25(18(13)19(22)27)11-3-6-17(23-9-11)30-12-4-1-10(21)2-5-12;/h1-9H,(H2,22,27);1H4. The van der Waals surface area contributed by atoms with Crippen LogP contribution in [0.2, 0.25) is 0 Å². The molecule has 11 heteroatoms. The predicted molar refractivity (Wildman–Crippen MR) is 115 cm³/mol. The number of fused-ring (bicyclic) bond motifs is 1. The number of aromatic nitrogens is 3. The molecule has 0 atom stereocenters. The number of nitro benzene ring substituents is 1. The van der Waals surface area contributed by atoms with Crippen molar-refractivity contribution in [3.05, 3.63) is 80.8 Å². The van der Waals surface area contributed by atoms with Crippen LogP contribution in [0.1, 0.15) is 17.9 Å². The second-order valence-electron chi connectivity index (χ2n) is 6.11. The van der Waals surface area contributed by atoms with E-state index in [0.29, 0.717) is 16.8 Å². The average molecular weight is 488 g/mol. The molecule has 0 aliphatic carbocycles. The van der Waals surface area contributed by atoms with Crippen molar-refractivity contribution in [1.82, 2.24) is 14.8 Å². The van der Waals surface area contributed by atoms with E-state index in [2.05, 4.69) is 26.0 Å². The summed E-state index contributed by atoms with van der Waals surface area (Å²) in [4.78, 5) is 26.8. The van der Waals surface area contributed by atoms with E-state index in [4.69, 9.17) is 10.5 Å². The zero-order valence-electron chi connectivity index (χ0n) is 15.0. The van der Waals surface area contributed by atoms with Crippen molar-refractivity contribution >= 4 is 38.4 Å². The van der Waals surface area contributed by atoms with Gasteiger partial charge in [0.2, 0.25) is 5.88 Å². The number of nitrogens with two attached hydrogens (primary N) is 1. The zero-order chi connectivity index (χ0) is 21.4. The highest BCUT2D eigenvalue weighted by molar-refractivity contribution is 9.10. The molecular formula is C20H15BrFN5O4. The Kier molecular flexibility index (Phi) is 5.97. The fraction of sp³-hybridized carbons (Fsp3) is 0.0500. The molecule has 1 amide bonds. The van der Waals surface area contributed by atoms with Crippen LogP contribution in [0.5, 0.6) is 11.6 Å². The molecule has 2 heterocycles. The Balaban J connectivity index is 0.00000272. The number of carbonyl (C=O) groups is 1. The largest absolute Gasteiger partial charge is 0.439 e. The molecule has 0 bridgehead atoms. The maximum absolute atomic E-state index is 13.0. The molecule has 9 nitrogen and oxygen atoms in total. The van der Waals surface area contributed by atoms with E-state index < -0.39 is 10.8 Å². The number of carbonyl (C=O) groups excluding carboxylic acids is 1. The fourth-order valence-electron chi connectivity index (χ4n) is 2.84. The lowest BCUT2D eigenvalue weighted by Gasteiger charge is -2.07. The smallest absolute Gasteiger partial charge is 0.285 e. The summed E-state index contributed by atoms with van der Waals surface area (Å²) in [7, 11) is 0. The Labute approximate surface area is 183 Å². The van der Waals surface area contributed by atoms with Crippen molar-refractivity contribution in [2.45, 2.75) is 7.43 Å². The van der Waals surface area contributed by atoms with Gasteiger partial charge < -0.3 is 10.5 Å². The molecule has 0 saturated carbocycles. The number of hydrogen-bond acceptors (Lipinski definition) is 6. The molecule has 0 unspecified atom stereocenters. The van der Waals surface area contributed by atoms with Crippen LogP contribution >= 0.6 is 15.9 Å². The van der Waals surface area contributed by atoms with Crippen molar-refractivity contribution < 1.29 is 18.8 Å². The molecule has 0 radical (unpaired) electrons. The monoisotopic (exact) mass is 487 g/mol. The maximum atomic E-state index is 13.0. The lowest BCUT2D eigenvalue weighted by molar-refractivity contribution is -0.385. The molecule has 158 valence electrons. The summed E-state index contributed by atoms with van der Waals surface area (Å²) < 4.78 is 20.0. The number of amides is 1. The number of halogens is 2. The van der Waals surface area contributed by atoms with Crippen LogP contribution in [0.3, 0.4) is 0 Å². The minimum absolute atomic E-state index is 0. The van der Waals surface area contributed by atoms with Gasteiger partial charge in [-0.05, 0) is 52.3 Å². The number of pyridine rings is 1. The summed E-state index contributed by atoms with van der Waals surface area (Å²) in [5.41, 5.74) is 6.01. The Morgan fingerprint density at radius 3 is 2.48 bits per heavy atom. The first-order valence-corrected chi connectivity index (χ1v) is 9.19. The van der Waals surface area contributed by atoms with Crippen LogP contribution in [0.25, 0.3) is 16.6 Å². The van der Waals surface area contributed by atoms with Gasteiger partial charge in [0.15, 0.2) is 0 Å². The summed E-state index contributed by atoms with van der Waals surface area (Å²) in [6.07, 6.45) is 1.40. The third kappa shape index (κ3) is 4.21. The minimum Gasteiger partial charge on any atom is -0.439 e. The highest BCUT2D eigenvalue weighted by Gasteiger charge is 2.22. The van der Waals surface area contributed by atoms with Crippen molar-refractivity contribution in [2.24, 2.45) is 5.73 Å². The molecule has 31 heavy (non-hydrogen) atoms. The van der Waals surface area contributed by atoms with Crippen molar-refractivity contribution in [2.75, 3.05) is 0 Å². The number of primary amides is 1. The maximum Gasteiger partial charge on any atom is 0.285 e. The lowest BCUT2D eigenvalue weighted by atomic mass is 10.2. The van der Waals surface area contributed by atoms with Crippen LogP contribution in [-0.2, 0) is 0 Å². The van der Waals surface area contributed by atoms with E-state index in [9.17, 15) is 19.3 Å². The SMILES string of the molecule is C.NC(=O)c1c2cc(Br)c([N+](=O)[O-])cc2nn1-c1ccc(Oc2ccc(F)cc2)nc1. The Hall–Kier alpha value is -3.86. The van der Waals surface area contributed by atoms with Gasteiger partial charge in [0.25, 0.3) is 11.6 Å². The van der Waals surface area contributed by atoms with E-state index in [0.717, 1.165) is 0 Å². The number of hydrogen-bond donors (Lipinski definition) is 1. The Morgan fingerprint density at radius 2 is 1.90 bits per heavy atom. The quantitative estimate of drug-likeness (QED) is 0.319. The summed E-state index contributed by atoms with van der Waals surface area (Å²) >= 11 is 3.13. The van der Waals surface area contributed by atoms with E-state index >= 15 is 0 Å². The average Bonchev–Trinajstić information content (AvgIpc) is 3.08. The predicted octanol–water partition coefficient (Wildman–Crippen LogP) is 4.76. The van der Waals surface area contributed by atoms with Crippen molar-refractivity contribution in [3.8, 4) is 17.3 Å². The van der Waals surface area contributed by atoms with Crippen LogP contribution in [0, 0.1) is 15.9 Å². The summed E-state index contributed by atoms with van der Waals surface area (Å²) in [6, 6.07) is 11.2. The van der Waals surface area contributed by atoms with E-state index in [-0.39, 0.29) is 40.5 Å². The first-order chi connectivity index (χ1) is 14.3. The second-order valence-corrected chi connectivity index (χ2v) is 6.97. The minimum atomic E-state index is -0.759. The summed E-state index contributed by atoms with van der Waals surface area (Å²) in [5, 5.41) is 15.8. The first kappa shape index (κ1) is 21.8. The van der Waals surface area contributed by atoms with Crippen LogP contribution in [0.4, 0.5) is 10.1 Å². The Bertz CT molecular complexity index is 1290. The molecular weight excluding hydrogens is 473 g/mol. The molecule has 0 fully saturated rings. The Morgan fingerprint density at radius 1 is 1.19 bits per heavy atom. The fourth-order valence-corrected chi connectivity index (χ4v) is 3.33. The first-order valence-electron chi connectivity index (χ1n) is 8.40. The molecule has 0 spiro atoms. The normalized spacial score (nSPS) is 10.5. The highest BCUT2D eigenvalue weighted by Crippen LogP contribution is 2.32. The van der Waals surface area contributed by atoms with E-state index in [1.54, 1.807) is 6.07 Å². The van der Waals surface area contributed by atoms with Gasteiger partial charge in [-0.3, -0.25) is 14.9 Å². The van der Waals surface area contributed by atoms with Crippen LogP contribution in [-0.4, -0.2) is 25.6 Å². The summed E-state index contributed by atoms with van der Waals surface area (Å²) in [5.74, 6) is -0.510.